The topological polar surface area (TPSA) is 84.3 Å². The van der Waals surface area contributed by atoms with Crippen molar-refractivity contribution in [3.05, 3.63) is 41.3 Å². The third kappa shape index (κ3) is 3.63. The van der Waals surface area contributed by atoms with Gasteiger partial charge in [0.25, 0.3) is 5.91 Å². The summed E-state index contributed by atoms with van der Waals surface area (Å²) in [5.74, 6) is -0.913. The molecule has 0 unspecified atom stereocenters. The normalized spacial score (nSPS) is 15.8. The number of sulfonamides is 1. The van der Waals surface area contributed by atoms with E-state index in [2.05, 4.69) is 10.4 Å². The number of anilines is 1. The van der Waals surface area contributed by atoms with Crippen LogP contribution < -0.4 is 5.32 Å². The molecule has 0 saturated carbocycles. The molecule has 140 valence electrons. The zero-order valence-electron chi connectivity index (χ0n) is 14.7. The molecule has 0 aliphatic carbocycles. The average Bonchev–Trinajstić information content (AvgIpc) is 2.93. The summed E-state index contributed by atoms with van der Waals surface area (Å²) in [5, 5.41) is 6.78. The van der Waals surface area contributed by atoms with Gasteiger partial charge in [0.1, 0.15) is 16.5 Å². The highest BCUT2D eigenvalue weighted by Crippen LogP contribution is 2.24. The predicted octanol–water partition coefficient (Wildman–Crippen LogP) is 2.29. The van der Waals surface area contributed by atoms with Crippen molar-refractivity contribution in [3.8, 4) is 0 Å². The van der Waals surface area contributed by atoms with Crippen LogP contribution in [0, 0.1) is 12.7 Å². The molecule has 3 rings (SSSR count). The van der Waals surface area contributed by atoms with Crippen molar-refractivity contribution in [1.29, 1.82) is 0 Å². The van der Waals surface area contributed by atoms with Crippen LogP contribution in [0.2, 0.25) is 0 Å². The van der Waals surface area contributed by atoms with Gasteiger partial charge in [0.05, 0.1) is 5.69 Å². The second-order valence-electron chi connectivity index (χ2n) is 6.36. The molecule has 1 aromatic carbocycles. The summed E-state index contributed by atoms with van der Waals surface area (Å²) >= 11 is 0. The Labute approximate surface area is 151 Å². The fourth-order valence-electron chi connectivity index (χ4n) is 3.00. The maximum absolute atomic E-state index is 14.2. The Morgan fingerprint density at radius 1 is 1.19 bits per heavy atom. The smallest absolute Gasteiger partial charge is 0.256 e. The molecule has 1 N–H and O–H groups in total. The molecule has 9 heteroatoms. The van der Waals surface area contributed by atoms with Gasteiger partial charge in [-0.25, -0.2) is 12.8 Å². The Kier molecular flexibility index (Phi) is 5.10. The maximum Gasteiger partial charge on any atom is 0.256 e. The van der Waals surface area contributed by atoms with Crippen LogP contribution in [0.25, 0.3) is 0 Å². The number of aryl methyl sites for hydroxylation is 2. The second kappa shape index (κ2) is 7.16. The number of carbonyl (C=O) groups is 1. The molecule has 1 amide bonds. The van der Waals surface area contributed by atoms with Crippen molar-refractivity contribution in [3.63, 3.8) is 0 Å². The van der Waals surface area contributed by atoms with Gasteiger partial charge in [-0.15, -0.1) is 0 Å². The summed E-state index contributed by atoms with van der Waals surface area (Å²) < 4.78 is 42.5. The quantitative estimate of drug-likeness (QED) is 0.882. The number of nitrogens with one attached hydrogen (secondary N) is 1. The van der Waals surface area contributed by atoms with E-state index in [1.165, 1.54) is 15.1 Å². The lowest BCUT2D eigenvalue weighted by atomic mass is 10.2. The first-order valence-corrected chi connectivity index (χ1v) is 9.85. The van der Waals surface area contributed by atoms with Crippen molar-refractivity contribution in [2.75, 3.05) is 18.4 Å². The first kappa shape index (κ1) is 18.5. The number of rotatable bonds is 4. The van der Waals surface area contributed by atoms with Crippen molar-refractivity contribution in [2.24, 2.45) is 7.05 Å². The highest BCUT2D eigenvalue weighted by molar-refractivity contribution is 7.89. The summed E-state index contributed by atoms with van der Waals surface area (Å²) in [6, 6.07) is 5.06. The summed E-state index contributed by atoms with van der Waals surface area (Å²) in [7, 11) is -2.28. The van der Waals surface area contributed by atoms with Crippen LogP contribution in [-0.2, 0) is 17.1 Å². The SMILES string of the molecule is Cc1cc(NC(=O)c2ccc(F)c(S(=O)(=O)N3CCCCC3)c2)n(C)n1. The van der Waals surface area contributed by atoms with Gasteiger partial charge < -0.3 is 5.32 Å². The Hall–Kier alpha value is -2.26. The van der Waals surface area contributed by atoms with Crippen molar-refractivity contribution in [2.45, 2.75) is 31.1 Å². The van der Waals surface area contributed by atoms with E-state index in [1.807, 2.05) is 0 Å². The lowest BCUT2D eigenvalue weighted by molar-refractivity contribution is 0.102. The van der Waals surface area contributed by atoms with E-state index in [1.54, 1.807) is 20.0 Å². The van der Waals surface area contributed by atoms with Gasteiger partial charge in [0, 0.05) is 31.8 Å². The van der Waals surface area contributed by atoms with Crippen molar-refractivity contribution in [1.82, 2.24) is 14.1 Å². The minimum atomic E-state index is -3.96. The van der Waals surface area contributed by atoms with E-state index in [9.17, 15) is 17.6 Å². The summed E-state index contributed by atoms with van der Waals surface area (Å²) in [6.45, 7) is 2.52. The number of aromatic nitrogens is 2. The molecule has 1 aromatic heterocycles. The van der Waals surface area contributed by atoms with Gasteiger partial charge >= 0.3 is 0 Å². The average molecular weight is 380 g/mol. The molecule has 2 heterocycles. The first-order valence-electron chi connectivity index (χ1n) is 8.41. The highest BCUT2D eigenvalue weighted by atomic mass is 32.2. The minimum Gasteiger partial charge on any atom is -0.307 e. The lowest BCUT2D eigenvalue weighted by Crippen LogP contribution is -2.36. The molecule has 1 aliphatic heterocycles. The van der Waals surface area contributed by atoms with Crippen LogP contribution in [0.3, 0.4) is 0 Å². The Morgan fingerprint density at radius 2 is 1.88 bits per heavy atom. The molecule has 0 atom stereocenters. The molecular weight excluding hydrogens is 359 g/mol. The number of amides is 1. The molecule has 0 bridgehead atoms. The third-order valence-electron chi connectivity index (χ3n) is 4.37. The number of benzene rings is 1. The molecule has 1 saturated heterocycles. The molecule has 7 nitrogen and oxygen atoms in total. The second-order valence-corrected chi connectivity index (χ2v) is 8.26. The largest absolute Gasteiger partial charge is 0.307 e. The van der Waals surface area contributed by atoms with E-state index in [-0.39, 0.29) is 5.56 Å². The van der Waals surface area contributed by atoms with Gasteiger partial charge in [-0.3, -0.25) is 9.48 Å². The van der Waals surface area contributed by atoms with E-state index in [0.29, 0.717) is 18.9 Å². The zero-order chi connectivity index (χ0) is 18.9. The number of nitrogens with zero attached hydrogens (tertiary/aromatic N) is 3. The van der Waals surface area contributed by atoms with E-state index in [4.69, 9.17) is 0 Å². The van der Waals surface area contributed by atoms with Crippen molar-refractivity contribution < 1.29 is 17.6 Å². The zero-order valence-corrected chi connectivity index (χ0v) is 15.5. The lowest BCUT2D eigenvalue weighted by Gasteiger charge is -2.26. The molecule has 0 spiro atoms. The monoisotopic (exact) mass is 380 g/mol. The van der Waals surface area contributed by atoms with Crippen LogP contribution in [0.4, 0.5) is 10.2 Å². The molecule has 1 fully saturated rings. The Morgan fingerprint density at radius 3 is 2.50 bits per heavy atom. The standard InChI is InChI=1S/C17H21FN4O3S/c1-12-10-16(21(2)20-12)19-17(23)13-6-7-14(18)15(11-13)26(24,25)22-8-4-3-5-9-22/h6-7,10-11H,3-5,8-9H2,1-2H3,(H,19,23). The molecule has 26 heavy (non-hydrogen) atoms. The van der Waals surface area contributed by atoms with E-state index >= 15 is 0 Å². The highest BCUT2D eigenvalue weighted by Gasteiger charge is 2.29. The van der Waals surface area contributed by atoms with Crippen LogP contribution in [0.15, 0.2) is 29.2 Å². The number of carbonyl (C=O) groups excluding carboxylic acids is 1. The van der Waals surface area contributed by atoms with E-state index in [0.717, 1.165) is 37.1 Å². The fraction of sp³-hybridized carbons (Fsp3) is 0.412. The van der Waals surface area contributed by atoms with Gasteiger partial charge in [0.15, 0.2) is 0 Å². The maximum atomic E-state index is 14.2. The van der Waals surface area contributed by atoms with Gasteiger partial charge in [-0.05, 0) is 38.0 Å². The van der Waals surface area contributed by atoms with Crippen LogP contribution in [0.5, 0.6) is 0 Å². The number of halogens is 1. The first-order chi connectivity index (χ1) is 12.3. The summed E-state index contributed by atoms with van der Waals surface area (Å²) in [4.78, 5) is 12.0. The van der Waals surface area contributed by atoms with Crippen LogP contribution >= 0.6 is 0 Å². The molecular formula is C17H21FN4O3S. The van der Waals surface area contributed by atoms with E-state index < -0.39 is 26.6 Å². The number of piperidine rings is 1. The van der Waals surface area contributed by atoms with Crippen LogP contribution in [0.1, 0.15) is 35.3 Å². The molecule has 2 aromatic rings. The molecule has 1 aliphatic rings. The third-order valence-corrected chi connectivity index (χ3v) is 6.28. The van der Waals surface area contributed by atoms with Gasteiger partial charge in [-0.1, -0.05) is 6.42 Å². The summed E-state index contributed by atoms with van der Waals surface area (Å²) in [5.41, 5.74) is 0.802. The fourth-order valence-corrected chi connectivity index (χ4v) is 4.61. The van der Waals surface area contributed by atoms with Crippen molar-refractivity contribution >= 4 is 21.7 Å². The Balaban J connectivity index is 1.89. The minimum absolute atomic E-state index is 0.0702. The summed E-state index contributed by atoms with van der Waals surface area (Å²) in [6.07, 6.45) is 2.46. The predicted molar refractivity (Wildman–Crippen MR) is 94.9 cm³/mol. The Bertz CT molecular complexity index is 933. The van der Waals surface area contributed by atoms with Gasteiger partial charge in [-0.2, -0.15) is 9.40 Å². The van der Waals surface area contributed by atoms with Crippen LogP contribution in [-0.4, -0.2) is 41.5 Å². The number of hydrogen-bond donors (Lipinski definition) is 1. The van der Waals surface area contributed by atoms with Gasteiger partial charge in [0.2, 0.25) is 10.0 Å². The number of hydrogen-bond acceptors (Lipinski definition) is 4. The molecule has 0 radical (unpaired) electrons.